The highest BCUT2D eigenvalue weighted by atomic mass is 19.4. The van der Waals surface area contributed by atoms with Crippen LogP contribution in [0.15, 0.2) is 54.6 Å². The fourth-order valence-corrected chi connectivity index (χ4v) is 2.96. The summed E-state index contributed by atoms with van der Waals surface area (Å²) in [6.07, 6.45) is -4.93. The van der Waals surface area contributed by atoms with Crippen molar-refractivity contribution in [2.75, 3.05) is 7.11 Å². The average molecular weight is 520 g/mol. The van der Waals surface area contributed by atoms with Gasteiger partial charge in [-0.25, -0.2) is 4.79 Å². The molecule has 0 unspecified atom stereocenters. The maximum absolute atomic E-state index is 13.3. The molecule has 13 heteroatoms. The molecule has 1 aliphatic rings. The third-order valence-corrected chi connectivity index (χ3v) is 4.92. The largest absolute Gasteiger partial charge is 0.497 e. The van der Waals surface area contributed by atoms with E-state index in [1.165, 1.54) is 19.2 Å². The molecule has 1 amide bonds. The van der Waals surface area contributed by atoms with E-state index in [-0.39, 0.29) is 29.7 Å². The van der Waals surface area contributed by atoms with Gasteiger partial charge in [0.05, 0.1) is 7.11 Å². The number of methoxy groups -OCH3 is 1. The fraction of sp³-hybridized carbons (Fsp3) is 0.304. The van der Waals surface area contributed by atoms with Gasteiger partial charge in [-0.3, -0.25) is 4.79 Å². The molecule has 0 fully saturated rings. The summed E-state index contributed by atoms with van der Waals surface area (Å²) in [6, 6.07) is 9.92. The second kappa shape index (κ2) is 11.3. The number of alkyl halides is 6. The SMILES string of the molecule is COc1ccc(Oc2ccc(CNC(=O)C3(N)CC=CC3)cc2)c(C(F)(F)F)c1.O=C(O)C(F)(F)F. The average Bonchev–Trinajstić information content (AvgIpc) is 3.25. The van der Waals surface area contributed by atoms with E-state index < -0.39 is 29.4 Å². The molecule has 3 rings (SSSR count). The Bertz CT molecular complexity index is 1090. The van der Waals surface area contributed by atoms with Crippen LogP contribution in [0.2, 0.25) is 0 Å². The zero-order chi connectivity index (χ0) is 27.1. The molecule has 0 spiro atoms. The van der Waals surface area contributed by atoms with E-state index in [0.29, 0.717) is 12.8 Å². The Hall–Kier alpha value is -3.74. The molecule has 0 saturated heterocycles. The van der Waals surface area contributed by atoms with Crippen molar-refractivity contribution in [3.05, 3.63) is 65.7 Å². The molecule has 0 saturated carbocycles. The normalized spacial score (nSPS) is 14.4. The van der Waals surface area contributed by atoms with Crippen LogP contribution in [0.3, 0.4) is 0 Å². The molecular weight excluding hydrogens is 498 g/mol. The van der Waals surface area contributed by atoms with Gasteiger partial charge in [0, 0.05) is 6.54 Å². The number of hydrogen-bond donors (Lipinski definition) is 3. The van der Waals surface area contributed by atoms with Crippen LogP contribution in [0.4, 0.5) is 26.3 Å². The number of rotatable bonds is 6. The lowest BCUT2D eigenvalue weighted by Gasteiger charge is -2.22. The summed E-state index contributed by atoms with van der Waals surface area (Å²) in [5.41, 5.74) is 4.99. The molecule has 7 nitrogen and oxygen atoms in total. The van der Waals surface area contributed by atoms with Crippen LogP contribution in [0.5, 0.6) is 17.2 Å². The summed E-state index contributed by atoms with van der Waals surface area (Å²) >= 11 is 0. The third-order valence-electron chi connectivity index (χ3n) is 4.92. The molecule has 0 aliphatic heterocycles. The first-order chi connectivity index (χ1) is 16.7. The highest BCUT2D eigenvalue weighted by molar-refractivity contribution is 5.87. The van der Waals surface area contributed by atoms with E-state index in [2.05, 4.69) is 5.32 Å². The van der Waals surface area contributed by atoms with E-state index in [1.54, 1.807) is 24.3 Å². The number of benzene rings is 2. The zero-order valence-corrected chi connectivity index (χ0v) is 18.7. The maximum Gasteiger partial charge on any atom is 0.490 e. The van der Waals surface area contributed by atoms with Gasteiger partial charge in [0.1, 0.15) is 28.4 Å². The first-order valence-corrected chi connectivity index (χ1v) is 10.2. The fourth-order valence-electron chi connectivity index (χ4n) is 2.96. The quantitative estimate of drug-likeness (QED) is 0.373. The number of carboxylic acid groups (broad SMARTS) is 1. The first kappa shape index (κ1) is 28.5. The van der Waals surface area contributed by atoms with Gasteiger partial charge in [-0.15, -0.1) is 0 Å². The Kier molecular flexibility index (Phi) is 8.97. The lowest BCUT2D eigenvalue weighted by atomic mass is 9.97. The number of hydrogen-bond acceptors (Lipinski definition) is 5. The lowest BCUT2D eigenvalue weighted by molar-refractivity contribution is -0.192. The molecule has 0 bridgehead atoms. The molecule has 0 heterocycles. The summed E-state index contributed by atoms with van der Waals surface area (Å²) in [4.78, 5) is 21.1. The Balaban J connectivity index is 0.000000572. The number of amides is 1. The van der Waals surface area contributed by atoms with E-state index >= 15 is 0 Å². The molecule has 4 N–H and O–H groups in total. The highest BCUT2D eigenvalue weighted by Crippen LogP contribution is 2.40. The van der Waals surface area contributed by atoms with Crippen molar-refractivity contribution >= 4 is 11.9 Å². The van der Waals surface area contributed by atoms with Crippen LogP contribution in [0.1, 0.15) is 24.0 Å². The topological polar surface area (TPSA) is 111 Å². The predicted octanol–water partition coefficient (Wildman–Crippen LogP) is 4.80. The summed E-state index contributed by atoms with van der Waals surface area (Å²) < 4.78 is 81.8. The molecule has 196 valence electrons. The van der Waals surface area contributed by atoms with Crippen molar-refractivity contribution in [3.63, 3.8) is 0 Å². The lowest BCUT2D eigenvalue weighted by Crippen LogP contribution is -2.51. The van der Waals surface area contributed by atoms with E-state index in [1.807, 2.05) is 12.2 Å². The standard InChI is InChI=1S/C21H21F3N2O3.C2HF3O2/c1-28-16-8-9-18(17(12-16)21(22,23)24)29-15-6-4-14(5-7-15)13-26-19(27)20(25)10-2-3-11-20;3-2(4,5)1(6)7/h2-9,12H,10-11,13,25H2,1H3,(H,26,27);(H,6,7). The number of halogens is 6. The highest BCUT2D eigenvalue weighted by Gasteiger charge is 2.38. The van der Waals surface area contributed by atoms with Gasteiger partial charge in [-0.05, 0) is 48.7 Å². The van der Waals surface area contributed by atoms with Crippen LogP contribution >= 0.6 is 0 Å². The van der Waals surface area contributed by atoms with Gasteiger partial charge < -0.3 is 25.6 Å². The van der Waals surface area contributed by atoms with Crippen LogP contribution in [-0.4, -0.2) is 35.8 Å². The molecule has 36 heavy (non-hydrogen) atoms. The second-order valence-electron chi connectivity index (χ2n) is 7.63. The number of nitrogens with two attached hydrogens (primary N) is 1. The van der Waals surface area contributed by atoms with Gasteiger partial charge in [0.15, 0.2) is 0 Å². The smallest absolute Gasteiger partial charge is 0.490 e. The van der Waals surface area contributed by atoms with Crippen molar-refractivity contribution in [2.45, 2.75) is 37.3 Å². The van der Waals surface area contributed by atoms with E-state index in [9.17, 15) is 31.1 Å². The van der Waals surface area contributed by atoms with Crippen LogP contribution in [0.25, 0.3) is 0 Å². The molecule has 0 aromatic heterocycles. The minimum atomic E-state index is -5.08. The Labute approximate surface area is 201 Å². The van der Waals surface area contributed by atoms with Crippen molar-refractivity contribution in [1.82, 2.24) is 5.32 Å². The van der Waals surface area contributed by atoms with Crippen LogP contribution in [0, 0.1) is 0 Å². The number of ether oxygens (including phenoxy) is 2. The number of nitrogens with one attached hydrogen (secondary N) is 1. The van der Waals surface area contributed by atoms with Crippen molar-refractivity contribution in [2.24, 2.45) is 5.73 Å². The van der Waals surface area contributed by atoms with Crippen molar-refractivity contribution in [3.8, 4) is 17.2 Å². The van der Waals surface area contributed by atoms with E-state index in [0.717, 1.165) is 11.6 Å². The molecule has 2 aromatic carbocycles. The second-order valence-corrected chi connectivity index (χ2v) is 7.63. The summed E-state index contributed by atoms with van der Waals surface area (Å²) in [5, 5.41) is 9.91. The summed E-state index contributed by atoms with van der Waals surface area (Å²) in [6.45, 7) is 0.258. The monoisotopic (exact) mass is 520 g/mol. The number of aliphatic carboxylic acids is 1. The molecule has 1 aliphatic carbocycles. The molecule has 2 aromatic rings. The van der Waals surface area contributed by atoms with Crippen LogP contribution < -0.4 is 20.5 Å². The Morgan fingerprint density at radius 2 is 1.53 bits per heavy atom. The molecular formula is C23H22F6N2O5. The van der Waals surface area contributed by atoms with Crippen molar-refractivity contribution in [1.29, 1.82) is 0 Å². The Morgan fingerprint density at radius 3 is 2.00 bits per heavy atom. The van der Waals surface area contributed by atoms with Gasteiger partial charge in [0.2, 0.25) is 5.91 Å². The summed E-state index contributed by atoms with van der Waals surface area (Å²) in [5.74, 6) is -2.99. The number of carbonyl (C=O) groups excluding carboxylic acids is 1. The minimum Gasteiger partial charge on any atom is -0.497 e. The molecule has 0 atom stereocenters. The van der Waals surface area contributed by atoms with E-state index in [4.69, 9.17) is 25.1 Å². The van der Waals surface area contributed by atoms with Gasteiger partial charge in [0.25, 0.3) is 0 Å². The maximum atomic E-state index is 13.3. The van der Waals surface area contributed by atoms with Gasteiger partial charge in [-0.1, -0.05) is 24.3 Å². The number of carbonyl (C=O) groups is 2. The summed E-state index contributed by atoms with van der Waals surface area (Å²) in [7, 11) is 1.29. The Morgan fingerprint density at radius 1 is 1.00 bits per heavy atom. The minimum absolute atomic E-state index is 0.0888. The van der Waals surface area contributed by atoms with Crippen molar-refractivity contribution < 1.29 is 50.5 Å². The first-order valence-electron chi connectivity index (χ1n) is 10.2. The third kappa shape index (κ3) is 7.90. The number of carboxylic acids is 1. The van der Waals surface area contributed by atoms with Crippen LogP contribution in [-0.2, 0) is 22.3 Å². The van der Waals surface area contributed by atoms with Gasteiger partial charge in [-0.2, -0.15) is 26.3 Å². The zero-order valence-electron chi connectivity index (χ0n) is 18.7. The van der Waals surface area contributed by atoms with Gasteiger partial charge >= 0.3 is 18.3 Å². The molecule has 0 radical (unpaired) electrons. The predicted molar refractivity (Wildman–Crippen MR) is 115 cm³/mol.